The fourth-order valence-electron chi connectivity index (χ4n) is 4.44. The molecule has 1 aliphatic heterocycles. The summed E-state index contributed by atoms with van der Waals surface area (Å²) in [6.45, 7) is 3.77. The van der Waals surface area contributed by atoms with Crippen molar-refractivity contribution in [2.75, 3.05) is 26.2 Å². The molecule has 1 aliphatic rings. The maximum atomic E-state index is 13.6. The zero-order valence-electron chi connectivity index (χ0n) is 20.6. The summed E-state index contributed by atoms with van der Waals surface area (Å²) in [5.74, 6) is -1.05. The molecule has 4 rings (SSSR count). The highest BCUT2D eigenvalue weighted by Crippen LogP contribution is 2.47. The summed E-state index contributed by atoms with van der Waals surface area (Å²) in [6, 6.07) is 14.7. The standard InChI is InChI=1S/C28H26ClNO6/c1-15-10-11-16(2)20(12-15)30-25(17-8-6-7-9-21(17)34-3)24(27(32)28(30)33)26(31)18-13-23(36-5)19(29)14-22(18)35-4/h6-14,25,31H,1-5H3/b26-24+. The Morgan fingerprint density at radius 2 is 1.56 bits per heavy atom. The van der Waals surface area contributed by atoms with E-state index in [9.17, 15) is 14.7 Å². The predicted octanol–water partition coefficient (Wildman–Crippen LogP) is 5.61. The first-order valence-electron chi connectivity index (χ1n) is 11.2. The fourth-order valence-corrected chi connectivity index (χ4v) is 4.67. The molecule has 1 unspecified atom stereocenters. The molecule has 8 heteroatoms. The van der Waals surface area contributed by atoms with E-state index in [4.69, 9.17) is 25.8 Å². The third-order valence-corrected chi connectivity index (χ3v) is 6.53. The molecule has 1 saturated heterocycles. The van der Waals surface area contributed by atoms with E-state index < -0.39 is 23.5 Å². The fraction of sp³-hybridized carbons (Fsp3) is 0.214. The Labute approximate surface area is 214 Å². The number of carbonyl (C=O) groups excluding carboxylic acids is 2. The summed E-state index contributed by atoms with van der Waals surface area (Å²) in [5, 5.41) is 11.8. The average molecular weight is 508 g/mol. The number of anilines is 1. The van der Waals surface area contributed by atoms with Crippen molar-refractivity contribution in [1.82, 2.24) is 0 Å². The molecule has 0 bridgehead atoms. The van der Waals surface area contributed by atoms with Crippen LogP contribution in [0.25, 0.3) is 5.76 Å². The van der Waals surface area contributed by atoms with Crippen molar-refractivity contribution < 1.29 is 28.9 Å². The van der Waals surface area contributed by atoms with Gasteiger partial charge in [-0.1, -0.05) is 41.9 Å². The molecule has 1 atom stereocenters. The van der Waals surface area contributed by atoms with Crippen LogP contribution in [0, 0.1) is 13.8 Å². The van der Waals surface area contributed by atoms with Crippen LogP contribution < -0.4 is 19.1 Å². The lowest BCUT2D eigenvalue weighted by Gasteiger charge is -2.28. The second-order valence-corrected chi connectivity index (χ2v) is 8.80. The number of para-hydroxylation sites is 1. The predicted molar refractivity (Wildman–Crippen MR) is 138 cm³/mol. The van der Waals surface area contributed by atoms with Gasteiger partial charge in [0.2, 0.25) is 0 Å². The first kappa shape index (κ1) is 25.1. The minimum atomic E-state index is -0.965. The third kappa shape index (κ3) is 4.16. The molecule has 1 amide bonds. The topological polar surface area (TPSA) is 85.3 Å². The Morgan fingerprint density at radius 3 is 2.22 bits per heavy atom. The van der Waals surface area contributed by atoms with Gasteiger partial charge in [-0.15, -0.1) is 0 Å². The van der Waals surface area contributed by atoms with Crippen LogP contribution in [0.4, 0.5) is 5.69 Å². The van der Waals surface area contributed by atoms with Crippen molar-refractivity contribution in [1.29, 1.82) is 0 Å². The summed E-state index contributed by atoms with van der Waals surface area (Å²) >= 11 is 6.25. The van der Waals surface area contributed by atoms with Crippen LogP contribution in [-0.4, -0.2) is 38.1 Å². The molecule has 3 aromatic rings. The molecule has 7 nitrogen and oxygen atoms in total. The number of ketones is 1. The molecule has 0 saturated carbocycles. The summed E-state index contributed by atoms with van der Waals surface area (Å²) in [4.78, 5) is 28.5. The van der Waals surface area contributed by atoms with Gasteiger partial charge in [0.05, 0.1) is 43.5 Å². The van der Waals surface area contributed by atoms with Gasteiger partial charge in [0.15, 0.2) is 0 Å². The number of Topliss-reactive ketones (excluding diaryl/α,β-unsaturated/α-hetero) is 1. The van der Waals surface area contributed by atoms with Crippen molar-refractivity contribution >= 4 is 34.7 Å². The van der Waals surface area contributed by atoms with Crippen molar-refractivity contribution in [3.8, 4) is 17.2 Å². The Balaban J connectivity index is 2.07. The molecular formula is C28H26ClNO6. The van der Waals surface area contributed by atoms with Gasteiger partial charge in [-0.2, -0.15) is 0 Å². The lowest BCUT2D eigenvalue weighted by Crippen LogP contribution is -2.30. The average Bonchev–Trinajstić information content (AvgIpc) is 3.14. The number of aliphatic hydroxyl groups excluding tert-OH is 1. The lowest BCUT2D eigenvalue weighted by atomic mass is 9.93. The van der Waals surface area contributed by atoms with Crippen molar-refractivity contribution in [3.05, 3.63) is 87.4 Å². The van der Waals surface area contributed by atoms with Gasteiger partial charge in [-0.3, -0.25) is 14.5 Å². The van der Waals surface area contributed by atoms with Gasteiger partial charge in [0, 0.05) is 17.3 Å². The number of ether oxygens (including phenoxy) is 3. The van der Waals surface area contributed by atoms with Crippen molar-refractivity contribution in [2.24, 2.45) is 0 Å². The molecule has 0 aromatic heterocycles. The molecule has 36 heavy (non-hydrogen) atoms. The van der Waals surface area contributed by atoms with E-state index in [1.54, 1.807) is 24.3 Å². The van der Waals surface area contributed by atoms with Gasteiger partial charge >= 0.3 is 0 Å². The van der Waals surface area contributed by atoms with Crippen LogP contribution in [-0.2, 0) is 9.59 Å². The molecule has 1 N–H and O–H groups in total. The highest BCUT2D eigenvalue weighted by atomic mass is 35.5. The van der Waals surface area contributed by atoms with Crippen molar-refractivity contribution in [2.45, 2.75) is 19.9 Å². The van der Waals surface area contributed by atoms with Crippen LogP contribution >= 0.6 is 11.6 Å². The Morgan fingerprint density at radius 1 is 0.889 bits per heavy atom. The summed E-state index contributed by atoms with van der Waals surface area (Å²) in [5.41, 5.74) is 2.88. The molecule has 1 fully saturated rings. The normalized spacial score (nSPS) is 16.8. The van der Waals surface area contributed by atoms with Gasteiger partial charge in [-0.05, 0) is 43.2 Å². The summed E-state index contributed by atoms with van der Waals surface area (Å²) < 4.78 is 16.3. The number of methoxy groups -OCH3 is 3. The second kappa shape index (κ2) is 9.95. The van der Waals surface area contributed by atoms with Crippen LogP contribution in [0.2, 0.25) is 5.02 Å². The summed E-state index contributed by atoms with van der Waals surface area (Å²) in [7, 11) is 4.36. The zero-order chi connectivity index (χ0) is 26.1. The maximum Gasteiger partial charge on any atom is 0.300 e. The van der Waals surface area contributed by atoms with Crippen molar-refractivity contribution in [3.63, 3.8) is 0 Å². The van der Waals surface area contributed by atoms with Gasteiger partial charge < -0.3 is 19.3 Å². The highest BCUT2D eigenvalue weighted by Gasteiger charge is 2.48. The Bertz CT molecular complexity index is 1400. The number of carbonyl (C=O) groups is 2. The minimum Gasteiger partial charge on any atom is -0.507 e. The van der Waals surface area contributed by atoms with Crippen LogP contribution in [0.3, 0.4) is 0 Å². The Hall–Kier alpha value is -3.97. The van der Waals surface area contributed by atoms with Crippen LogP contribution in [0.1, 0.15) is 28.3 Å². The molecule has 0 radical (unpaired) electrons. The number of halogens is 1. The zero-order valence-corrected chi connectivity index (χ0v) is 21.3. The second-order valence-electron chi connectivity index (χ2n) is 8.39. The monoisotopic (exact) mass is 507 g/mol. The van der Waals surface area contributed by atoms with E-state index in [0.29, 0.717) is 17.0 Å². The third-order valence-electron chi connectivity index (χ3n) is 6.23. The number of hydrogen-bond acceptors (Lipinski definition) is 6. The lowest BCUT2D eigenvalue weighted by molar-refractivity contribution is -0.132. The SMILES string of the molecule is COc1cc(/C(O)=C2\C(=O)C(=O)N(c3cc(C)ccc3C)C2c2ccccc2OC)c(OC)cc1Cl. The molecule has 3 aromatic carbocycles. The molecule has 186 valence electrons. The first-order valence-corrected chi connectivity index (χ1v) is 11.5. The van der Waals surface area contributed by atoms with Crippen LogP contribution in [0.15, 0.2) is 60.2 Å². The number of aryl methyl sites for hydroxylation is 2. The summed E-state index contributed by atoms with van der Waals surface area (Å²) in [6.07, 6.45) is 0. The van der Waals surface area contributed by atoms with E-state index in [2.05, 4.69) is 0 Å². The molecule has 0 aliphatic carbocycles. The minimum absolute atomic E-state index is 0.104. The smallest absolute Gasteiger partial charge is 0.300 e. The van der Waals surface area contributed by atoms with Crippen LogP contribution in [0.5, 0.6) is 17.2 Å². The van der Waals surface area contributed by atoms with Gasteiger partial charge in [0.1, 0.15) is 23.0 Å². The molecule has 0 spiro atoms. The number of hydrogen-bond donors (Lipinski definition) is 1. The van der Waals surface area contributed by atoms with E-state index in [1.165, 1.54) is 38.4 Å². The van der Waals surface area contributed by atoms with E-state index in [-0.39, 0.29) is 27.7 Å². The Kier molecular flexibility index (Phi) is 6.95. The number of nitrogens with zero attached hydrogens (tertiary/aromatic N) is 1. The van der Waals surface area contributed by atoms with E-state index in [1.807, 2.05) is 32.0 Å². The van der Waals surface area contributed by atoms with Gasteiger partial charge in [0.25, 0.3) is 11.7 Å². The number of aliphatic hydroxyl groups is 1. The van der Waals surface area contributed by atoms with E-state index in [0.717, 1.165) is 11.1 Å². The van der Waals surface area contributed by atoms with E-state index >= 15 is 0 Å². The maximum absolute atomic E-state index is 13.6. The number of rotatable bonds is 6. The molecule has 1 heterocycles. The largest absolute Gasteiger partial charge is 0.507 e. The van der Waals surface area contributed by atoms with Gasteiger partial charge in [-0.25, -0.2) is 0 Å². The number of amides is 1. The quantitative estimate of drug-likeness (QED) is 0.265. The number of benzene rings is 3. The first-order chi connectivity index (χ1) is 17.2. The molecular weight excluding hydrogens is 482 g/mol. The highest BCUT2D eigenvalue weighted by molar-refractivity contribution is 6.52.